The highest BCUT2D eigenvalue weighted by Crippen LogP contribution is 2.33. The van der Waals surface area contributed by atoms with Crippen molar-refractivity contribution < 1.29 is 18.3 Å². The Morgan fingerprint density at radius 1 is 1.10 bits per heavy atom. The minimum absolute atomic E-state index is 0.0442. The lowest BCUT2D eigenvalue weighted by Crippen LogP contribution is -2.49. The van der Waals surface area contributed by atoms with E-state index in [2.05, 4.69) is 32.3 Å². The van der Waals surface area contributed by atoms with Crippen molar-refractivity contribution in [2.24, 2.45) is 4.99 Å². The van der Waals surface area contributed by atoms with Gasteiger partial charge in [-0.25, -0.2) is 4.99 Å². The van der Waals surface area contributed by atoms with Gasteiger partial charge in [-0.15, -0.1) is 0 Å². The summed E-state index contributed by atoms with van der Waals surface area (Å²) in [4.78, 5) is 9.43. The van der Waals surface area contributed by atoms with Gasteiger partial charge in [-0.3, -0.25) is 4.90 Å². The van der Waals surface area contributed by atoms with E-state index in [1.165, 1.54) is 0 Å². The second-order valence-electron chi connectivity index (χ2n) is 6.95. The highest BCUT2D eigenvalue weighted by atomic mass is 19.3. The van der Waals surface area contributed by atoms with E-state index in [-0.39, 0.29) is 12.3 Å². The quantitative estimate of drug-likeness (QED) is 0.418. The SMILES string of the molecule is CCNC(=NCc1cccc(OCC)c1OC(F)F)NCCN1CCN(CC)CC1. The Morgan fingerprint density at radius 3 is 2.47 bits per heavy atom. The van der Waals surface area contributed by atoms with E-state index < -0.39 is 6.61 Å². The van der Waals surface area contributed by atoms with Gasteiger partial charge >= 0.3 is 6.61 Å². The number of aliphatic imine (C=N–C) groups is 1. The molecule has 0 spiro atoms. The molecule has 1 aromatic carbocycles. The van der Waals surface area contributed by atoms with Crippen LogP contribution >= 0.6 is 0 Å². The van der Waals surface area contributed by atoms with E-state index in [4.69, 9.17) is 9.47 Å². The molecule has 1 aliphatic heterocycles. The smallest absolute Gasteiger partial charge is 0.387 e. The number of para-hydroxylation sites is 1. The molecule has 30 heavy (non-hydrogen) atoms. The second-order valence-corrected chi connectivity index (χ2v) is 6.95. The molecule has 1 aromatic rings. The van der Waals surface area contributed by atoms with Crippen molar-refractivity contribution in [1.82, 2.24) is 20.4 Å². The van der Waals surface area contributed by atoms with Crippen molar-refractivity contribution in [3.63, 3.8) is 0 Å². The average molecular weight is 428 g/mol. The van der Waals surface area contributed by atoms with Gasteiger partial charge < -0.3 is 25.0 Å². The Balaban J connectivity index is 1.96. The monoisotopic (exact) mass is 427 g/mol. The van der Waals surface area contributed by atoms with Crippen molar-refractivity contribution >= 4 is 5.96 Å². The topological polar surface area (TPSA) is 61.4 Å². The summed E-state index contributed by atoms with van der Waals surface area (Å²) in [7, 11) is 0. The van der Waals surface area contributed by atoms with Crippen molar-refractivity contribution in [3.8, 4) is 11.5 Å². The number of nitrogens with one attached hydrogen (secondary N) is 2. The Kier molecular flexibility index (Phi) is 10.6. The zero-order valence-corrected chi connectivity index (χ0v) is 18.3. The standard InChI is InChI=1S/C21H35F2N5O2/c1-4-24-21(25-10-11-28-14-12-27(5-2)13-15-28)26-16-17-8-7-9-18(29-6-3)19(17)30-20(22)23/h7-9,20H,4-6,10-16H2,1-3H3,(H2,24,25,26). The number of rotatable bonds is 11. The first-order chi connectivity index (χ1) is 14.6. The molecule has 0 saturated carbocycles. The summed E-state index contributed by atoms with van der Waals surface area (Å²) in [6.45, 7) is 11.5. The minimum atomic E-state index is -2.92. The number of likely N-dealkylation sites (N-methyl/N-ethyl adjacent to an activating group) is 1. The van der Waals surface area contributed by atoms with Crippen LogP contribution in [0, 0.1) is 0 Å². The maximum Gasteiger partial charge on any atom is 0.387 e. The Bertz CT molecular complexity index is 652. The first-order valence-electron chi connectivity index (χ1n) is 10.7. The van der Waals surface area contributed by atoms with Crippen LogP contribution in [-0.2, 0) is 6.54 Å². The van der Waals surface area contributed by atoms with Gasteiger partial charge in [0.25, 0.3) is 0 Å². The summed E-state index contributed by atoms with van der Waals surface area (Å²) < 4.78 is 35.9. The van der Waals surface area contributed by atoms with Crippen molar-refractivity contribution in [2.75, 3.05) is 59.0 Å². The summed E-state index contributed by atoms with van der Waals surface area (Å²) >= 11 is 0. The summed E-state index contributed by atoms with van der Waals surface area (Å²) in [5, 5.41) is 6.53. The Hall–Kier alpha value is -2.13. The average Bonchev–Trinajstić information content (AvgIpc) is 2.74. The Morgan fingerprint density at radius 2 is 1.83 bits per heavy atom. The number of alkyl halides is 2. The molecule has 0 atom stereocenters. The molecule has 0 unspecified atom stereocenters. The fourth-order valence-electron chi connectivity index (χ4n) is 3.35. The predicted molar refractivity (Wildman–Crippen MR) is 116 cm³/mol. The highest BCUT2D eigenvalue weighted by Gasteiger charge is 2.16. The summed E-state index contributed by atoms with van der Waals surface area (Å²) in [5.74, 6) is 0.993. The molecule has 9 heteroatoms. The molecule has 1 heterocycles. The third kappa shape index (κ3) is 7.95. The first-order valence-corrected chi connectivity index (χ1v) is 10.7. The van der Waals surface area contributed by atoms with Crippen LogP contribution in [0.15, 0.2) is 23.2 Å². The third-order valence-corrected chi connectivity index (χ3v) is 4.95. The molecule has 0 aromatic heterocycles. The molecule has 1 aliphatic rings. The van der Waals surface area contributed by atoms with Crippen LogP contribution in [0.3, 0.4) is 0 Å². The fourth-order valence-corrected chi connectivity index (χ4v) is 3.35. The van der Waals surface area contributed by atoms with Crippen molar-refractivity contribution in [2.45, 2.75) is 33.9 Å². The molecule has 2 N–H and O–H groups in total. The van der Waals surface area contributed by atoms with Gasteiger partial charge in [-0.1, -0.05) is 19.1 Å². The molecule has 0 radical (unpaired) electrons. The number of hydrogen-bond acceptors (Lipinski definition) is 5. The first kappa shape index (κ1) is 24.1. The van der Waals surface area contributed by atoms with E-state index in [1.807, 2.05) is 6.92 Å². The number of nitrogens with zero attached hydrogens (tertiary/aromatic N) is 3. The molecule has 7 nitrogen and oxygen atoms in total. The number of halogens is 2. The van der Waals surface area contributed by atoms with Crippen LogP contribution in [0.5, 0.6) is 11.5 Å². The molecule has 1 saturated heterocycles. The minimum Gasteiger partial charge on any atom is -0.490 e. The Labute approximate surface area is 178 Å². The maximum atomic E-state index is 12.9. The number of piperazine rings is 1. The molecular weight excluding hydrogens is 392 g/mol. The largest absolute Gasteiger partial charge is 0.490 e. The van der Waals surface area contributed by atoms with Gasteiger partial charge in [0, 0.05) is 51.4 Å². The lowest BCUT2D eigenvalue weighted by Gasteiger charge is -2.34. The van der Waals surface area contributed by atoms with Crippen LogP contribution in [0.4, 0.5) is 8.78 Å². The predicted octanol–water partition coefficient (Wildman–Crippen LogP) is 2.38. The van der Waals surface area contributed by atoms with Gasteiger partial charge in [0.2, 0.25) is 0 Å². The van der Waals surface area contributed by atoms with Crippen molar-refractivity contribution in [3.05, 3.63) is 23.8 Å². The molecule has 0 amide bonds. The molecule has 0 aliphatic carbocycles. The molecule has 1 fully saturated rings. The van der Waals surface area contributed by atoms with E-state index in [0.29, 0.717) is 30.4 Å². The normalized spacial score (nSPS) is 16.0. The second kappa shape index (κ2) is 13.2. The van der Waals surface area contributed by atoms with E-state index in [0.717, 1.165) is 45.8 Å². The highest BCUT2D eigenvalue weighted by molar-refractivity contribution is 5.79. The third-order valence-electron chi connectivity index (χ3n) is 4.95. The van der Waals surface area contributed by atoms with Crippen LogP contribution in [0.2, 0.25) is 0 Å². The van der Waals surface area contributed by atoms with Crippen LogP contribution in [0.25, 0.3) is 0 Å². The summed E-state index contributed by atoms with van der Waals surface area (Å²) in [6.07, 6.45) is 0. The zero-order valence-electron chi connectivity index (χ0n) is 18.3. The van der Waals surface area contributed by atoms with Crippen LogP contribution in [0.1, 0.15) is 26.3 Å². The molecule has 2 rings (SSSR count). The number of benzene rings is 1. The van der Waals surface area contributed by atoms with E-state index in [9.17, 15) is 8.78 Å². The lowest BCUT2D eigenvalue weighted by molar-refractivity contribution is -0.0520. The van der Waals surface area contributed by atoms with Gasteiger partial charge in [0.1, 0.15) is 0 Å². The number of hydrogen-bond donors (Lipinski definition) is 2. The van der Waals surface area contributed by atoms with Gasteiger partial charge in [0.05, 0.1) is 13.2 Å². The lowest BCUT2D eigenvalue weighted by atomic mass is 10.2. The molecule has 170 valence electrons. The summed E-state index contributed by atoms with van der Waals surface area (Å²) in [5.41, 5.74) is 0.550. The molecular formula is C21H35F2N5O2. The van der Waals surface area contributed by atoms with Crippen LogP contribution < -0.4 is 20.1 Å². The van der Waals surface area contributed by atoms with E-state index in [1.54, 1.807) is 25.1 Å². The van der Waals surface area contributed by atoms with Gasteiger partial charge in [0.15, 0.2) is 17.5 Å². The zero-order chi connectivity index (χ0) is 21.8. The van der Waals surface area contributed by atoms with E-state index >= 15 is 0 Å². The maximum absolute atomic E-state index is 12.9. The summed E-state index contributed by atoms with van der Waals surface area (Å²) in [6, 6.07) is 5.10. The van der Waals surface area contributed by atoms with Crippen molar-refractivity contribution in [1.29, 1.82) is 0 Å². The van der Waals surface area contributed by atoms with Gasteiger partial charge in [-0.2, -0.15) is 8.78 Å². The van der Waals surface area contributed by atoms with Crippen LogP contribution in [-0.4, -0.2) is 81.3 Å². The number of guanidine groups is 1. The molecule has 0 bridgehead atoms. The fraction of sp³-hybridized carbons (Fsp3) is 0.667. The number of ether oxygens (including phenoxy) is 2. The van der Waals surface area contributed by atoms with Gasteiger partial charge in [-0.05, 0) is 26.5 Å².